The molecule has 1 aliphatic carbocycles. The highest BCUT2D eigenvalue weighted by Crippen LogP contribution is 2.63. The van der Waals surface area contributed by atoms with Gasteiger partial charge in [-0.25, -0.2) is 0 Å². The second kappa shape index (κ2) is 14.7. The number of Topliss-reactive ketones (excluding diaryl/α,β-unsaturated/α-hetero) is 2. The molecule has 0 radical (unpaired) electrons. The normalized spacial score (nSPS) is 23.0. The van der Waals surface area contributed by atoms with Gasteiger partial charge in [0.2, 0.25) is 12.1 Å². The Hall–Kier alpha value is -2.41. The number of benzene rings is 2. The Kier molecular flexibility index (Phi) is 11.7. The third kappa shape index (κ3) is 7.51. The zero-order chi connectivity index (χ0) is 42.5. The Morgan fingerprint density at radius 3 is 1.96 bits per heavy atom. The van der Waals surface area contributed by atoms with Gasteiger partial charge in [-0.05, 0) is 56.3 Å². The summed E-state index contributed by atoms with van der Waals surface area (Å²) in [6.07, 6.45) is -4.89. The molecule has 2 aliphatic heterocycles. The van der Waals surface area contributed by atoms with Crippen molar-refractivity contribution in [1.29, 1.82) is 0 Å². The number of hydrogen-bond acceptors (Lipinski definition) is 11. The smallest absolute Gasteiger partial charge is 0.471 e. The van der Waals surface area contributed by atoms with E-state index in [4.69, 9.17) is 36.7 Å². The van der Waals surface area contributed by atoms with Crippen molar-refractivity contribution in [3.8, 4) is 17.2 Å². The molecule has 2 aromatic rings. The fourth-order valence-corrected chi connectivity index (χ4v) is 15.0. The number of epoxide rings is 1. The average molecular weight is 831 g/mol. The van der Waals surface area contributed by atoms with Gasteiger partial charge in [0.15, 0.2) is 22.4 Å². The standard InChI is InChI=1S/C42H66O11Si3/c1-22-20-24-28-35(27(22)37-38(49-37)33(51-54(15,16)17)23(2)31(44)39(47-13)48-14)52-56(41(6,7)8,42(9,10)11)53-36(28)30-29(34(24)46-12)25(43)21-26(32(30)45)50-55(18,19)40(3,4)5/h20,25-26,33,37-39,43H,2,21H2,1,3-19H3/t25-,26?,33?,37+,38+/m0/s1. The van der Waals surface area contributed by atoms with Crippen LogP contribution in [0.5, 0.6) is 17.2 Å². The van der Waals surface area contributed by atoms with Crippen LogP contribution in [0.3, 0.4) is 0 Å². The molecule has 5 atom stereocenters. The highest BCUT2D eigenvalue weighted by atomic mass is 28.4. The number of aryl methyl sites for hydroxylation is 1. The average Bonchev–Trinajstić information content (AvgIpc) is 3.83. The molecule has 1 saturated heterocycles. The third-order valence-electron chi connectivity index (χ3n) is 11.9. The fourth-order valence-electron chi connectivity index (χ4n) is 8.23. The first-order valence-corrected chi connectivity index (χ1v) is 27.7. The summed E-state index contributed by atoms with van der Waals surface area (Å²) in [6, 6.07) is 1.99. The minimum Gasteiger partial charge on any atom is -0.510 e. The van der Waals surface area contributed by atoms with Crippen molar-refractivity contribution in [3.05, 3.63) is 40.5 Å². The number of aliphatic hydroxyl groups excluding tert-OH is 1. The number of hydrogen-bond donors (Lipinski definition) is 1. The van der Waals surface area contributed by atoms with Crippen molar-refractivity contribution < 1.29 is 51.3 Å². The molecule has 2 unspecified atom stereocenters. The van der Waals surface area contributed by atoms with Crippen LogP contribution >= 0.6 is 0 Å². The zero-order valence-electron chi connectivity index (χ0n) is 37.0. The predicted octanol–water partition coefficient (Wildman–Crippen LogP) is 9.38. The molecule has 14 heteroatoms. The molecule has 0 spiro atoms. The van der Waals surface area contributed by atoms with Crippen LogP contribution in [0.1, 0.15) is 108 Å². The van der Waals surface area contributed by atoms with Crippen molar-refractivity contribution in [1.82, 2.24) is 0 Å². The van der Waals surface area contributed by atoms with Crippen molar-refractivity contribution >= 4 is 47.5 Å². The number of methoxy groups -OCH3 is 3. The molecular formula is C42H66O11Si3. The maximum Gasteiger partial charge on any atom is 0.471 e. The predicted molar refractivity (Wildman–Crippen MR) is 225 cm³/mol. The molecule has 2 heterocycles. The largest absolute Gasteiger partial charge is 0.510 e. The van der Waals surface area contributed by atoms with E-state index >= 15 is 4.79 Å². The molecule has 0 bridgehead atoms. The summed E-state index contributed by atoms with van der Waals surface area (Å²) in [5.41, 5.74) is 2.51. The molecule has 1 N–H and O–H groups in total. The topological polar surface area (TPSA) is 132 Å². The molecular weight excluding hydrogens is 765 g/mol. The molecule has 3 aliphatic rings. The summed E-state index contributed by atoms with van der Waals surface area (Å²) in [5, 5.41) is 12.0. The van der Waals surface area contributed by atoms with Gasteiger partial charge in [-0.3, -0.25) is 9.59 Å². The first-order valence-electron chi connectivity index (χ1n) is 19.6. The Morgan fingerprint density at radius 1 is 0.929 bits per heavy atom. The van der Waals surface area contributed by atoms with Gasteiger partial charge >= 0.3 is 8.56 Å². The first kappa shape index (κ1) is 44.7. The van der Waals surface area contributed by atoms with Gasteiger partial charge in [-0.2, -0.15) is 0 Å². The minimum atomic E-state index is -3.47. The molecule has 56 heavy (non-hydrogen) atoms. The lowest BCUT2D eigenvalue weighted by atomic mass is 9.82. The van der Waals surface area contributed by atoms with Gasteiger partial charge in [-0.1, -0.05) is 68.9 Å². The van der Waals surface area contributed by atoms with Crippen LogP contribution in [0.25, 0.3) is 10.8 Å². The Morgan fingerprint density at radius 2 is 1.48 bits per heavy atom. The van der Waals surface area contributed by atoms with Crippen LogP contribution in [-0.4, -0.2) is 87.8 Å². The van der Waals surface area contributed by atoms with E-state index in [9.17, 15) is 9.90 Å². The van der Waals surface area contributed by atoms with E-state index in [2.05, 4.69) is 82.0 Å². The Bertz CT molecular complexity index is 1890. The second-order valence-corrected chi connectivity index (χ2v) is 34.0. The lowest BCUT2D eigenvalue weighted by Gasteiger charge is -2.51. The van der Waals surface area contributed by atoms with Crippen LogP contribution in [-0.2, 0) is 27.9 Å². The quantitative estimate of drug-likeness (QED) is 0.0950. The van der Waals surface area contributed by atoms with Gasteiger partial charge in [-0.15, -0.1) is 0 Å². The van der Waals surface area contributed by atoms with Gasteiger partial charge < -0.3 is 41.8 Å². The third-order valence-corrected chi connectivity index (χ3v) is 22.2. The summed E-state index contributed by atoms with van der Waals surface area (Å²) in [7, 11) is -3.83. The number of carbonyl (C=O) groups is 2. The SMILES string of the molecule is C=C(C(=O)C(OC)OC)C(O[Si](C)(C)C)[C@H]1O[C@@H]1c1c(C)cc2c(OC)c3c(c4c2c1O[Si](C(C)(C)C)(C(C)(C)C)O4)C(=O)C(O[Si](C)(C)C(C)(C)C)C[C@@H]3O. The number of fused-ring (bicyclic) bond motifs is 2. The van der Waals surface area contributed by atoms with Crippen LogP contribution in [0, 0.1) is 6.92 Å². The van der Waals surface area contributed by atoms with Gasteiger partial charge in [0, 0.05) is 52.8 Å². The van der Waals surface area contributed by atoms with Crippen LogP contribution in [0.4, 0.5) is 0 Å². The van der Waals surface area contributed by atoms with E-state index in [1.54, 1.807) is 7.11 Å². The molecule has 0 saturated carbocycles. The molecule has 0 aromatic heterocycles. The summed E-state index contributed by atoms with van der Waals surface area (Å²) in [4.78, 5) is 28.6. The number of rotatable bonds is 12. The highest BCUT2D eigenvalue weighted by molar-refractivity contribution is 6.75. The molecule has 0 amide bonds. The summed E-state index contributed by atoms with van der Waals surface area (Å²) in [5.74, 6) is 0.668. The van der Waals surface area contributed by atoms with Gasteiger partial charge in [0.05, 0.1) is 24.2 Å². The van der Waals surface area contributed by atoms with Gasteiger partial charge in [0.1, 0.15) is 41.7 Å². The van der Waals surface area contributed by atoms with Crippen LogP contribution in [0.2, 0.25) is 47.8 Å². The molecule has 11 nitrogen and oxygen atoms in total. The van der Waals surface area contributed by atoms with Crippen molar-refractivity contribution in [2.24, 2.45) is 0 Å². The van der Waals surface area contributed by atoms with E-state index in [0.717, 1.165) is 11.1 Å². The summed E-state index contributed by atoms with van der Waals surface area (Å²) >= 11 is 0. The van der Waals surface area contributed by atoms with E-state index in [1.165, 1.54) is 14.2 Å². The van der Waals surface area contributed by atoms with Gasteiger partial charge in [0.25, 0.3) is 0 Å². The summed E-state index contributed by atoms with van der Waals surface area (Å²) in [6.45, 7) is 35.6. The monoisotopic (exact) mass is 830 g/mol. The van der Waals surface area contributed by atoms with Crippen molar-refractivity contribution in [2.75, 3.05) is 21.3 Å². The molecule has 2 aromatic carbocycles. The Labute approximate surface area is 337 Å². The maximum atomic E-state index is 15.0. The lowest BCUT2D eigenvalue weighted by Crippen LogP contribution is -2.63. The van der Waals surface area contributed by atoms with Crippen LogP contribution < -0.4 is 13.6 Å². The number of carbonyl (C=O) groups excluding carboxylic acids is 2. The van der Waals surface area contributed by atoms with E-state index in [-0.39, 0.29) is 28.4 Å². The minimum absolute atomic E-state index is 0.104. The van der Waals surface area contributed by atoms with E-state index in [1.807, 2.05) is 32.6 Å². The number of ketones is 2. The number of ether oxygens (including phenoxy) is 4. The second-order valence-electron chi connectivity index (χ2n) is 20.2. The number of aliphatic hydroxyl groups is 1. The van der Waals surface area contributed by atoms with Crippen LogP contribution in [0.15, 0.2) is 18.2 Å². The molecule has 312 valence electrons. The highest BCUT2D eigenvalue weighted by Gasteiger charge is 2.66. The lowest BCUT2D eigenvalue weighted by molar-refractivity contribution is -0.153. The zero-order valence-corrected chi connectivity index (χ0v) is 40.0. The summed E-state index contributed by atoms with van der Waals surface area (Å²) < 4.78 is 51.6. The fraction of sp³-hybridized carbons (Fsp3) is 0.667. The molecule has 1 fully saturated rings. The van der Waals surface area contributed by atoms with Crippen molar-refractivity contribution in [2.45, 2.75) is 160 Å². The Balaban J connectivity index is 1.82. The van der Waals surface area contributed by atoms with E-state index < -0.39 is 77.9 Å². The van der Waals surface area contributed by atoms with Crippen molar-refractivity contribution in [3.63, 3.8) is 0 Å². The van der Waals surface area contributed by atoms with E-state index in [0.29, 0.717) is 33.6 Å². The first-order chi connectivity index (χ1) is 25.5. The maximum absolute atomic E-state index is 15.0. The molecule has 5 rings (SSSR count).